The highest BCUT2D eigenvalue weighted by Gasteiger charge is 2.17. The monoisotopic (exact) mass is 314 g/mol. The number of carbonyl (C=O) groups excluding carboxylic acids is 1. The predicted molar refractivity (Wildman–Crippen MR) is 75.2 cm³/mol. The Bertz CT molecular complexity index is 394. The molecule has 0 bridgehead atoms. The van der Waals surface area contributed by atoms with Gasteiger partial charge in [0.1, 0.15) is 5.82 Å². The predicted octanol–water partition coefficient (Wildman–Crippen LogP) is 3.32. The minimum Gasteiger partial charge on any atom is -0.310 e. The van der Waals surface area contributed by atoms with E-state index < -0.39 is 0 Å². The zero-order chi connectivity index (χ0) is 12.1. The first-order chi connectivity index (χ1) is 8.25. The van der Waals surface area contributed by atoms with E-state index in [0.29, 0.717) is 18.2 Å². The van der Waals surface area contributed by atoms with Gasteiger partial charge < -0.3 is 5.32 Å². The molecule has 1 aromatic rings. The highest BCUT2D eigenvalue weighted by molar-refractivity contribution is 9.10. The summed E-state index contributed by atoms with van der Waals surface area (Å²) in [5.41, 5.74) is 0. The van der Waals surface area contributed by atoms with Crippen molar-refractivity contribution in [2.45, 2.75) is 19.3 Å². The fourth-order valence-electron chi connectivity index (χ4n) is 1.87. The van der Waals surface area contributed by atoms with Crippen molar-refractivity contribution in [2.24, 2.45) is 5.92 Å². The number of hydrogen-bond donors (Lipinski definition) is 1. The molecular weight excluding hydrogens is 300 g/mol. The van der Waals surface area contributed by atoms with Crippen molar-refractivity contribution < 1.29 is 4.79 Å². The van der Waals surface area contributed by atoms with Gasteiger partial charge in [-0.05, 0) is 58.3 Å². The SMILES string of the molecule is O=C(CC1CCSCC1)Nc1ncccc1Br. The van der Waals surface area contributed by atoms with E-state index >= 15 is 0 Å². The largest absolute Gasteiger partial charge is 0.310 e. The highest BCUT2D eigenvalue weighted by atomic mass is 79.9. The number of aromatic nitrogens is 1. The lowest BCUT2D eigenvalue weighted by molar-refractivity contribution is -0.117. The summed E-state index contributed by atoms with van der Waals surface area (Å²) in [5.74, 6) is 3.60. The topological polar surface area (TPSA) is 42.0 Å². The molecule has 1 N–H and O–H groups in total. The van der Waals surface area contributed by atoms with Gasteiger partial charge in [0.05, 0.1) is 4.47 Å². The third-order valence-electron chi connectivity index (χ3n) is 2.83. The molecule has 1 aromatic heterocycles. The lowest BCUT2D eigenvalue weighted by Gasteiger charge is -2.20. The number of rotatable bonds is 3. The second-order valence-electron chi connectivity index (χ2n) is 4.14. The quantitative estimate of drug-likeness (QED) is 0.930. The standard InChI is InChI=1S/C12H15BrN2OS/c13-10-2-1-5-14-12(10)15-11(16)8-9-3-6-17-7-4-9/h1-2,5,9H,3-4,6-8H2,(H,14,15,16). The molecular formula is C12H15BrN2OS. The molecule has 1 saturated heterocycles. The molecule has 0 aromatic carbocycles. The summed E-state index contributed by atoms with van der Waals surface area (Å²) < 4.78 is 0.826. The van der Waals surface area contributed by atoms with Crippen molar-refractivity contribution in [3.8, 4) is 0 Å². The van der Waals surface area contributed by atoms with Crippen molar-refractivity contribution in [3.05, 3.63) is 22.8 Å². The van der Waals surface area contributed by atoms with Crippen LogP contribution in [-0.2, 0) is 4.79 Å². The van der Waals surface area contributed by atoms with Crippen molar-refractivity contribution >= 4 is 39.4 Å². The van der Waals surface area contributed by atoms with E-state index in [1.807, 2.05) is 23.9 Å². The summed E-state index contributed by atoms with van der Waals surface area (Å²) in [6.07, 6.45) is 4.60. The number of halogens is 1. The third kappa shape index (κ3) is 4.00. The number of carbonyl (C=O) groups is 1. The first-order valence-electron chi connectivity index (χ1n) is 5.74. The molecule has 0 saturated carbocycles. The van der Waals surface area contributed by atoms with Crippen LogP contribution in [0.25, 0.3) is 0 Å². The van der Waals surface area contributed by atoms with Crippen LogP contribution in [0, 0.1) is 5.92 Å². The molecule has 3 nitrogen and oxygen atoms in total. The second-order valence-corrected chi connectivity index (χ2v) is 6.22. The summed E-state index contributed by atoms with van der Waals surface area (Å²) in [7, 11) is 0. The zero-order valence-corrected chi connectivity index (χ0v) is 11.9. The Morgan fingerprint density at radius 1 is 1.53 bits per heavy atom. The number of thioether (sulfide) groups is 1. The summed E-state index contributed by atoms with van der Waals surface area (Å²) >= 11 is 5.35. The molecule has 0 atom stereocenters. The van der Waals surface area contributed by atoms with Gasteiger partial charge in [-0.2, -0.15) is 11.8 Å². The number of nitrogens with one attached hydrogen (secondary N) is 1. The molecule has 0 unspecified atom stereocenters. The first-order valence-corrected chi connectivity index (χ1v) is 7.68. The van der Waals surface area contributed by atoms with Crippen LogP contribution in [0.5, 0.6) is 0 Å². The normalized spacial score (nSPS) is 16.8. The van der Waals surface area contributed by atoms with Crippen LogP contribution < -0.4 is 5.32 Å². The van der Waals surface area contributed by atoms with Gasteiger partial charge in [-0.3, -0.25) is 4.79 Å². The zero-order valence-electron chi connectivity index (χ0n) is 9.49. The van der Waals surface area contributed by atoms with E-state index in [1.54, 1.807) is 6.20 Å². The maximum Gasteiger partial charge on any atom is 0.225 e. The minimum atomic E-state index is 0.0706. The smallest absolute Gasteiger partial charge is 0.225 e. The summed E-state index contributed by atoms with van der Waals surface area (Å²) in [6.45, 7) is 0. The molecule has 0 aliphatic carbocycles. The summed E-state index contributed by atoms with van der Waals surface area (Å²) in [5, 5.41) is 2.85. The summed E-state index contributed by atoms with van der Waals surface area (Å²) in [6, 6.07) is 3.71. The Labute approximate surface area is 114 Å². The first kappa shape index (κ1) is 12.9. The van der Waals surface area contributed by atoms with Gasteiger partial charge in [-0.1, -0.05) is 0 Å². The van der Waals surface area contributed by atoms with Crippen LogP contribution in [0.2, 0.25) is 0 Å². The maximum absolute atomic E-state index is 11.9. The molecule has 1 fully saturated rings. The van der Waals surface area contributed by atoms with Crippen molar-refractivity contribution in [1.82, 2.24) is 4.98 Å². The van der Waals surface area contributed by atoms with Crippen molar-refractivity contribution in [3.63, 3.8) is 0 Å². The summed E-state index contributed by atoms with van der Waals surface area (Å²) in [4.78, 5) is 16.0. The Balaban J connectivity index is 1.86. The third-order valence-corrected chi connectivity index (χ3v) is 4.52. The molecule has 2 rings (SSSR count). The Morgan fingerprint density at radius 2 is 2.29 bits per heavy atom. The number of hydrogen-bond acceptors (Lipinski definition) is 3. The molecule has 2 heterocycles. The maximum atomic E-state index is 11.9. The van der Waals surface area contributed by atoms with E-state index in [2.05, 4.69) is 26.2 Å². The molecule has 5 heteroatoms. The van der Waals surface area contributed by atoms with E-state index in [4.69, 9.17) is 0 Å². The van der Waals surface area contributed by atoms with Gasteiger partial charge in [-0.15, -0.1) is 0 Å². The van der Waals surface area contributed by atoms with Crippen LogP contribution in [0.4, 0.5) is 5.82 Å². The van der Waals surface area contributed by atoms with Crippen LogP contribution in [0.3, 0.4) is 0 Å². The highest BCUT2D eigenvalue weighted by Crippen LogP contribution is 2.26. The fraction of sp³-hybridized carbons (Fsp3) is 0.500. The molecule has 1 aliphatic rings. The van der Waals surface area contributed by atoms with E-state index in [-0.39, 0.29) is 5.91 Å². The number of nitrogens with zero attached hydrogens (tertiary/aromatic N) is 1. The van der Waals surface area contributed by atoms with E-state index in [9.17, 15) is 4.79 Å². The van der Waals surface area contributed by atoms with Crippen LogP contribution >= 0.6 is 27.7 Å². The molecule has 1 amide bonds. The molecule has 1 aliphatic heterocycles. The fourth-order valence-corrected chi connectivity index (χ4v) is 3.43. The van der Waals surface area contributed by atoms with Gasteiger partial charge in [0.2, 0.25) is 5.91 Å². The lowest BCUT2D eigenvalue weighted by atomic mass is 9.98. The van der Waals surface area contributed by atoms with Crippen molar-refractivity contribution in [1.29, 1.82) is 0 Å². The number of pyridine rings is 1. The van der Waals surface area contributed by atoms with Gasteiger partial charge in [-0.25, -0.2) is 4.98 Å². The number of anilines is 1. The number of amides is 1. The molecule has 0 spiro atoms. The van der Waals surface area contributed by atoms with Crippen LogP contribution in [-0.4, -0.2) is 22.4 Å². The Kier molecular flexibility index (Phi) is 4.86. The van der Waals surface area contributed by atoms with Crippen LogP contribution in [0.1, 0.15) is 19.3 Å². The minimum absolute atomic E-state index is 0.0706. The van der Waals surface area contributed by atoms with E-state index in [0.717, 1.165) is 17.3 Å². The van der Waals surface area contributed by atoms with E-state index in [1.165, 1.54) is 11.5 Å². The van der Waals surface area contributed by atoms with Crippen LogP contribution in [0.15, 0.2) is 22.8 Å². The molecule has 92 valence electrons. The van der Waals surface area contributed by atoms with Gasteiger partial charge in [0.15, 0.2) is 0 Å². The van der Waals surface area contributed by atoms with Crippen molar-refractivity contribution in [2.75, 3.05) is 16.8 Å². The average molecular weight is 315 g/mol. The average Bonchev–Trinajstić information content (AvgIpc) is 2.33. The Morgan fingerprint density at radius 3 is 3.00 bits per heavy atom. The van der Waals surface area contributed by atoms with Gasteiger partial charge >= 0.3 is 0 Å². The molecule has 17 heavy (non-hydrogen) atoms. The van der Waals surface area contributed by atoms with Gasteiger partial charge in [0, 0.05) is 12.6 Å². The molecule has 0 radical (unpaired) electrons. The Hall–Kier alpha value is -0.550. The van der Waals surface area contributed by atoms with Gasteiger partial charge in [0.25, 0.3) is 0 Å². The lowest BCUT2D eigenvalue weighted by Crippen LogP contribution is -2.20. The second kappa shape index (κ2) is 6.40.